The maximum Gasteiger partial charge on any atom is 0.130 e. The first kappa shape index (κ1) is 13.3. The lowest BCUT2D eigenvalue weighted by Crippen LogP contribution is -2.62. The van der Waals surface area contributed by atoms with Gasteiger partial charge in [-0.2, -0.15) is 0 Å². The van der Waals surface area contributed by atoms with E-state index >= 15 is 0 Å². The largest absolute Gasteiger partial charge is 0.368 e. The minimum absolute atomic E-state index is 0.206. The van der Waals surface area contributed by atoms with Crippen LogP contribution in [0.3, 0.4) is 0 Å². The van der Waals surface area contributed by atoms with Crippen LogP contribution in [0.5, 0.6) is 0 Å². The second kappa shape index (κ2) is 4.22. The van der Waals surface area contributed by atoms with Gasteiger partial charge < -0.3 is 5.32 Å². The predicted octanol–water partition coefficient (Wildman–Crippen LogP) is 2.44. The molecule has 1 aliphatic heterocycles. The molecule has 0 bridgehead atoms. The van der Waals surface area contributed by atoms with Crippen molar-refractivity contribution >= 4 is 29.2 Å². The lowest BCUT2D eigenvalue weighted by atomic mass is 9.77. The monoisotopic (exact) mass is 246 g/mol. The molecule has 0 saturated carbocycles. The summed E-state index contributed by atoms with van der Waals surface area (Å²) in [6.07, 6.45) is 2.21. The lowest BCUT2D eigenvalue weighted by Gasteiger charge is -2.53. The summed E-state index contributed by atoms with van der Waals surface area (Å²) in [5.74, 6) is 0. The van der Waals surface area contributed by atoms with Crippen LogP contribution in [-0.2, 0) is 0 Å². The number of rotatable bonds is 1. The summed E-state index contributed by atoms with van der Waals surface area (Å²) in [6.45, 7) is 9.13. The van der Waals surface area contributed by atoms with Gasteiger partial charge in [-0.1, -0.05) is 12.2 Å². The van der Waals surface area contributed by atoms with Gasteiger partial charge in [0, 0.05) is 17.1 Å². The normalized spacial score (nSPS) is 26.3. The average Bonchev–Trinajstić information content (AvgIpc) is 1.97. The van der Waals surface area contributed by atoms with E-state index in [0.717, 1.165) is 12.8 Å². The Balaban J connectivity index is 2.79. The van der Waals surface area contributed by atoms with Gasteiger partial charge in [0.15, 0.2) is 0 Å². The van der Waals surface area contributed by atoms with Crippen LogP contribution in [0.15, 0.2) is 0 Å². The van der Waals surface area contributed by atoms with Crippen LogP contribution in [0.25, 0.3) is 0 Å². The van der Waals surface area contributed by atoms with E-state index in [1.54, 1.807) is 0 Å². The smallest absolute Gasteiger partial charge is 0.130 e. The maximum atomic E-state index is 5.00. The molecule has 0 aromatic rings. The number of thiol groups is 1. The van der Waals surface area contributed by atoms with E-state index in [1.165, 1.54) is 0 Å². The van der Waals surface area contributed by atoms with Crippen molar-refractivity contribution in [3.8, 4) is 0 Å². The third-order valence-electron chi connectivity index (χ3n) is 3.64. The second-order valence-corrected chi connectivity index (χ2v) is 6.90. The molecule has 15 heavy (non-hydrogen) atoms. The van der Waals surface area contributed by atoms with E-state index in [0.29, 0.717) is 10.4 Å². The predicted molar refractivity (Wildman–Crippen MR) is 73.7 cm³/mol. The van der Waals surface area contributed by atoms with Gasteiger partial charge in [-0.15, -0.1) is 12.6 Å². The van der Waals surface area contributed by atoms with Gasteiger partial charge in [0.2, 0.25) is 0 Å². The maximum absolute atomic E-state index is 5.00. The van der Waals surface area contributed by atoms with Gasteiger partial charge in [0.25, 0.3) is 0 Å². The molecule has 1 N–H and O–H groups in total. The molecule has 1 aliphatic rings. The molecule has 1 saturated heterocycles. The fourth-order valence-electron chi connectivity index (χ4n) is 2.65. The highest BCUT2D eigenvalue weighted by Gasteiger charge is 2.42. The molecule has 0 aromatic heterocycles. The van der Waals surface area contributed by atoms with Gasteiger partial charge >= 0.3 is 0 Å². The van der Waals surface area contributed by atoms with Crippen molar-refractivity contribution in [3.63, 3.8) is 0 Å². The van der Waals surface area contributed by atoms with Gasteiger partial charge in [-0.05, 0) is 47.6 Å². The molecule has 0 aromatic carbocycles. The van der Waals surface area contributed by atoms with Crippen LogP contribution < -0.4 is 5.32 Å². The van der Waals surface area contributed by atoms with Crippen LogP contribution in [0.2, 0.25) is 0 Å². The molecule has 0 radical (unpaired) electrons. The molecule has 4 heteroatoms. The lowest BCUT2D eigenvalue weighted by molar-refractivity contribution is -0.0144. The first-order valence-corrected chi connectivity index (χ1v) is 6.24. The highest BCUT2D eigenvalue weighted by Crippen LogP contribution is 2.36. The van der Waals surface area contributed by atoms with Gasteiger partial charge in [0.1, 0.15) is 4.32 Å². The Bertz CT molecular complexity index is 243. The molecule has 0 unspecified atom stereocenters. The van der Waals surface area contributed by atoms with Crippen molar-refractivity contribution in [2.45, 2.75) is 57.7 Å². The van der Waals surface area contributed by atoms with E-state index in [4.69, 9.17) is 12.2 Å². The summed E-state index contributed by atoms with van der Waals surface area (Å²) in [6, 6.07) is 0.441. The van der Waals surface area contributed by atoms with Crippen LogP contribution in [0.4, 0.5) is 0 Å². The number of nitrogens with one attached hydrogen (secondary N) is 1. The summed E-state index contributed by atoms with van der Waals surface area (Å²) in [4.78, 5) is 2.46. The van der Waals surface area contributed by atoms with Crippen molar-refractivity contribution in [1.29, 1.82) is 0 Å². The molecule has 2 nitrogen and oxygen atoms in total. The molecule has 0 atom stereocenters. The van der Waals surface area contributed by atoms with Crippen molar-refractivity contribution in [3.05, 3.63) is 0 Å². The number of piperidine rings is 1. The third-order valence-corrected chi connectivity index (χ3v) is 3.88. The zero-order chi connectivity index (χ0) is 11.9. The summed E-state index contributed by atoms with van der Waals surface area (Å²) < 4.78 is 0.608. The quantitative estimate of drug-likeness (QED) is 0.546. The van der Waals surface area contributed by atoms with Crippen molar-refractivity contribution < 1.29 is 0 Å². The Kier molecular flexibility index (Phi) is 3.74. The summed E-state index contributed by atoms with van der Waals surface area (Å²) in [5.41, 5.74) is 0.413. The van der Waals surface area contributed by atoms with Gasteiger partial charge in [-0.3, -0.25) is 4.90 Å². The fraction of sp³-hybridized carbons (Fsp3) is 0.909. The van der Waals surface area contributed by atoms with E-state index in [9.17, 15) is 0 Å². The standard InChI is InChI=1S/C11H22N2S2/c1-10(2)6-8(12-9(14)15)7-11(3,4)13(10)5/h8H,6-7H2,1-5H3,(H2,12,14,15). The molecule has 1 fully saturated rings. The van der Waals surface area contributed by atoms with E-state index in [-0.39, 0.29) is 11.1 Å². The fourth-order valence-corrected chi connectivity index (χ4v) is 3.00. The minimum atomic E-state index is 0.206. The molecule has 0 spiro atoms. The van der Waals surface area contributed by atoms with E-state index < -0.39 is 0 Å². The number of likely N-dealkylation sites (tertiary alicyclic amines) is 1. The van der Waals surface area contributed by atoms with Crippen LogP contribution in [-0.4, -0.2) is 33.4 Å². The van der Waals surface area contributed by atoms with Crippen molar-refractivity contribution in [2.75, 3.05) is 7.05 Å². The first-order valence-electron chi connectivity index (χ1n) is 5.38. The molecule has 88 valence electrons. The van der Waals surface area contributed by atoms with Crippen LogP contribution in [0.1, 0.15) is 40.5 Å². The van der Waals surface area contributed by atoms with Crippen molar-refractivity contribution in [2.24, 2.45) is 0 Å². The third kappa shape index (κ3) is 3.08. The number of thiocarbonyl (C=S) groups is 1. The number of hydrogen-bond acceptors (Lipinski definition) is 2. The first-order chi connectivity index (χ1) is 6.65. The average molecular weight is 246 g/mol. The highest BCUT2D eigenvalue weighted by atomic mass is 32.1. The Morgan fingerprint density at radius 3 is 2.00 bits per heavy atom. The number of hydrogen-bond donors (Lipinski definition) is 2. The molecule has 1 heterocycles. The van der Waals surface area contributed by atoms with Gasteiger partial charge in [-0.25, -0.2) is 0 Å². The van der Waals surface area contributed by atoms with E-state index in [2.05, 4.69) is 57.6 Å². The molecule has 0 amide bonds. The Morgan fingerprint density at radius 2 is 1.67 bits per heavy atom. The second-order valence-electron chi connectivity index (χ2n) is 5.74. The van der Waals surface area contributed by atoms with Crippen molar-refractivity contribution in [1.82, 2.24) is 10.2 Å². The van der Waals surface area contributed by atoms with Gasteiger partial charge in [0.05, 0.1) is 0 Å². The Labute approximate surface area is 104 Å². The SMILES string of the molecule is CN1C(C)(C)CC(NC(=S)S)CC1(C)C. The van der Waals surface area contributed by atoms with Crippen LogP contribution >= 0.6 is 24.8 Å². The zero-order valence-electron chi connectivity index (χ0n) is 10.3. The molecular weight excluding hydrogens is 224 g/mol. The summed E-state index contributed by atoms with van der Waals surface area (Å²) in [5, 5.41) is 3.28. The van der Waals surface area contributed by atoms with Crippen LogP contribution in [0, 0.1) is 0 Å². The molecule has 1 rings (SSSR count). The zero-order valence-corrected chi connectivity index (χ0v) is 12.0. The Hall–Kier alpha value is 0.200. The Morgan fingerprint density at radius 1 is 1.27 bits per heavy atom. The topological polar surface area (TPSA) is 15.3 Å². The highest BCUT2D eigenvalue weighted by molar-refractivity contribution is 8.11. The molecule has 0 aliphatic carbocycles. The molecular formula is C11H22N2S2. The van der Waals surface area contributed by atoms with E-state index in [1.807, 2.05) is 0 Å². The summed E-state index contributed by atoms with van der Waals surface area (Å²) >= 11 is 9.15. The minimum Gasteiger partial charge on any atom is -0.368 e. The number of nitrogens with zero attached hydrogens (tertiary/aromatic N) is 1. The summed E-state index contributed by atoms with van der Waals surface area (Å²) in [7, 11) is 2.20.